The average Bonchev–Trinajstić information content (AvgIpc) is 3.42. The monoisotopic (exact) mass is 506 g/mol. The summed E-state index contributed by atoms with van der Waals surface area (Å²) >= 11 is 1.60. The number of likely N-dealkylation sites (tertiary alicyclic amines) is 2. The van der Waals surface area contributed by atoms with Crippen LogP contribution in [0.4, 0.5) is 10.5 Å². The summed E-state index contributed by atoms with van der Waals surface area (Å²) in [4.78, 5) is 34.8. The Hall–Kier alpha value is -2.67. The van der Waals surface area contributed by atoms with Crippen LogP contribution in [0.5, 0.6) is 0 Å². The van der Waals surface area contributed by atoms with Crippen molar-refractivity contribution in [2.24, 2.45) is 5.92 Å². The van der Waals surface area contributed by atoms with Crippen molar-refractivity contribution >= 4 is 29.0 Å². The molecule has 1 aromatic heterocycles. The van der Waals surface area contributed by atoms with Gasteiger partial charge < -0.3 is 15.1 Å². The number of hydrogen-bond donors (Lipinski definition) is 1. The maximum Gasteiger partial charge on any atom is 0.321 e. The highest BCUT2D eigenvalue weighted by Gasteiger charge is 2.32. The zero-order valence-electron chi connectivity index (χ0n) is 21.4. The van der Waals surface area contributed by atoms with Crippen molar-refractivity contribution in [2.75, 3.05) is 25.0 Å². The van der Waals surface area contributed by atoms with Crippen molar-refractivity contribution in [3.05, 3.63) is 57.7 Å². The second-order valence-corrected chi connectivity index (χ2v) is 11.3. The quantitative estimate of drug-likeness (QED) is 0.468. The number of amides is 3. The summed E-state index contributed by atoms with van der Waals surface area (Å²) in [5.41, 5.74) is 3.98. The van der Waals surface area contributed by atoms with Gasteiger partial charge in [-0.3, -0.25) is 4.79 Å². The Morgan fingerprint density at radius 2 is 1.81 bits per heavy atom. The predicted octanol–water partition coefficient (Wildman–Crippen LogP) is 6.82. The topological polar surface area (TPSA) is 65.5 Å². The van der Waals surface area contributed by atoms with Crippen LogP contribution >= 0.6 is 11.3 Å². The molecule has 1 atom stereocenters. The number of aromatic nitrogens is 1. The van der Waals surface area contributed by atoms with Gasteiger partial charge in [0.15, 0.2) is 0 Å². The molecule has 7 heteroatoms. The van der Waals surface area contributed by atoms with E-state index in [1.54, 1.807) is 11.3 Å². The minimum absolute atomic E-state index is 0.0369. The van der Waals surface area contributed by atoms with E-state index in [0.29, 0.717) is 30.6 Å². The molecule has 2 saturated heterocycles. The van der Waals surface area contributed by atoms with Crippen molar-refractivity contribution in [3.8, 4) is 0 Å². The summed E-state index contributed by atoms with van der Waals surface area (Å²) in [7, 11) is 0. The number of fused-ring (bicyclic) bond motifs is 1. The maximum absolute atomic E-state index is 13.3. The number of allylic oxidation sites excluding steroid dienone is 2. The van der Waals surface area contributed by atoms with Crippen molar-refractivity contribution in [2.45, 2.75) is 77.0 Å². The number of nitrogens with one attached hydrogen (secondary N) is 1. The molecule has 0 spiro atoms. The van der Waals surface area contributed by atoms with Gasteiger partial charge in [-0.25, -0.2) is 9.78 Å². The van der Waals surface area contributed by atoms with E-state index >= 15 is 0 Å². The predicted molar refractivity (Wildman–Crippen MR) is 145 cm³/mol. The molecule has 1 unspecified atom stereocenters. The van der Waals surface area contributed by atoms with Crippen molar-refractivity contribution in [1.29, 1.82) is 0 Å². The van der Waals surface area contributed by atoms with Crippen molar-refractivity contribution < 1.29 is 9.59 Å². The third kappa shape index (κ3) is 5.66. The van der Waals surface area contributed by atoms with E-state index in [1.165, 1.54) is 43.4 Å². The molecule has 2 aromatic rings. The van der Waals surface area contributed by atoms with Crippen LogP contribution in [0.2, 0.25) is 0 Å². The number of urea groups is 1. The first kappa shape index (κ1) is 25.0. The fourth-order valence-corrected chi connectivity index (χ4v) is 6.74. The molecule has 3 amide bonds. The Bertz CT molecular complexity index is 1080. The Balaban J connectivity index is 1.14. The number of nitrogens with zero attached hydrogens (tertiary/aromatic N) is 3. The molecule has 2 fully saturated rings. The Morgan fingerprint density at radius 1 is 1.03 bits per heavy atom. The molecule has 0 radical (unpaired) electrons. The van der Waals surface area contributed by atoms with E-state index < -0.39 is 0 Å². The number of hydrogen-bond acceptors (Lipinski definition) is 4. The largest absolute Gasteiger partial charge is 0.324 e. The zero-order valence-corrected chi connectivity index (χ0v) is 22.2. The van der Waals surface area contributed by atoms with Gasteiger partial charge >= 0.3 is 6.03 Å². The smallest absolute Gasteiger partial charge is 0.321 e. The molecule has 0 saturated carbocycles. The highest BCUT2D eigenvalue weighted by atomic mass is 32.1. The van der Waals surface area contributed by atoms with Crippen LogP contribution < -0.4 is 5.32 Å². The van der Waals surface area contributed by atoms with E-state index in [1.807, 2.05) is 27.3 Å². The Morgan fingerprint density at radius 3 is 2.58 bits per heavy atom. The molecule has 0 bridgehead atoms. The van der Waals surface area contributed by atoms with E-state index in [-0.39, 0.29) is 11.9 Å². The lowest BCUT2D eigenvalue weighted by Crippen LogP contribution is -2.40. The zero-order chi connectivity index (χ0) is 24.9. The molecular weight excluding hydrogens is 468 g/mol. The Kier molecular flexibility index (Phi) is 8.05. The van der Waals surface area contributed by atoms with Crippen LogP contribution in [0.1, 0.15) is 91.7 Å². The number of anilines is 1. The minimum Gasteiger partial charge on any atom is -0.324 e. The number of benzene rings is 1. The first-order chi connectivity index (χ1) is 17.6. The lowest BCUT2D eigenvalue weighted by atomic mass is 9.85. The molecule has 192 valence electrons. The van der Waals surface area contributed by atoms with Gasteiger partial charge in [-0.1, -0.05) is 31.6 Å². The van der Waals surface area contributed by atoms with Crippen LogP contribution in [0.15, 0.2) is 41.4 Å². The van der Waals surface area contributed by atoms with E-state index in [4.69, 9.17) is 4.98 Å². The SMILES string of the molecule is CCCCc1ccc(NC(=O)N2CCC(c3nc(C(=O)N4CCCC5CCCC=C54)cs3)CC2)cc1. The molecule has 1 aliphatic carbocycles. The lowest BCUT2D eigenvalue weighted by molar-refractivity contribution is 0.0743. The molecule has 3 heterocycles. The first-order valence-electron chi connectivity index (χ1n) is 13.7. The van der Waals surface area contributed by atoms with Crippen LogP contribution in [0.25, 0.3) is 0 Å². The molecule has 6 nitrogen and oxygen atoms in total. The minimum atomic E-state index is -0.0369. The van der Waals surface area contributed by atoms with Crippen LogP contribution in [0.3, 0.4) is 0 Å². The highest BCUT2D eigenvalue weighted by Crippen LogP contribution is 2.36. The molecule has 3 aliphatic rings. The Labute approximate surface area is 218 Å². The highest BCUT2D eigenvalue weighted by molar-refractivity contribution is 7.09. The van der Waals surface area contributed by atoms with Crippen LogP contribution in [0, 0.1) is 5.92 Å². The number of carbonyl (C=O) groups is 2. The van der Waals surface area contributed by atoms with E-state index in [2.05, 4.69) is 30.4 Å². The molecule has 36 heavy (non-hydrogen) atoms. The van der Waals surface area contributed by atoms with E-state index in [0.717, 1.165) is 49.3 Å². The van der Waals surface area contributed by atoms with E-state index in [9.17, 15) is 9.59 Å². The van der Waals surface area contributed by atoms with Gasteiger partial charge in [-0.05, 0) is 81.4 Å². The third-order valence-corrected chi connectivity index (χ3v) is 8.92. The fraction of sp³-hybridized carbons (Fsp3) is 0.552. The molecular formula is C29H38N4O2S. The van der Waals surface area contributed by atoms with Gasteiger partial charge in [-0.15, -0.1) is 11.3 Å². The molecule has 5 rings (SSSR count). The van der Waals surface area contributed by atoms with Crippen molar-refractivity contribution in [3.63, 3.8) is 0 Å². The van der Waals surface area contributed by atoms with Gasteiger partial charge in [0.2, 0.25) is 0 Å². The van der Waals surface area contributed by atoms with Gasteiger partial charge in [0.05, 0.1) is 5.01 Å². The number of rotatable bonds is 6. The average molecular weight is 507 g/mol. The summed E-state index contributed by atoms with van der Waals surface area (Å²) in [5.74, 6) is 0.915. The molecule has 2 aliphatic heterocycles. The number of piperidine rings is 2. The summed E-state index contributed by atoms with van der Waals surface area (Å²) in [5, 5.41) is 6.02. The third-order valence-electron chi connectivity index (χ3n) is 7.92. The van der Waals surface area contributed by atoms with Crippen LogP contribution in [-0.2, 0) is 6.42 Å². The second-order valence-electron chi connectivity index (χ2n) is 10.4. The van der Waals surface area contributed by atoms with Gasteiger partial charge in [0, 0.05) is 42.3 Å². The fourth-order valence-electron chi connectivity index (χ4n) is 5.77. The standard InChI is InChI=1S/C29H38N4O2S/c1-2-3-7-21-11-13-24(14-12-21)30-29(35)32-18-15-23(16-19-32)27-31-25(20-36-27)28(34)33-17-6-9-22-8-4-5-10-26(22)33/h10-14,20,22-23H,2-9,15-19H2,1H3,(H,30,35). The first-order valence-corrected chi connectivity index (χ1v) is 14.6. The summed E-state index contributed by atoms with van der Waals surface area (Å²) in [6.45, 7) is 4.41. The summed E-state index contributed by atoms with van der Waals surface area (Å²) in [6, 6.07) is 8.17. The van der Waals surface area contributed by atoms with Crippen molar-refractivity contribution in [1.82, 2.24) is 14.8 Å². The normalized spacial score (nSPS) is 20.6. The molecule has 1 aromatic carbocycles. The summed E-state index contributed by atoms with van der Waals surface area (Å²) in [6.07, 6.45) is 13.3. The van der Waals surface area contributed by atoms with Gasteiger partial charge in [-0.2, -0.15) is 0 Å². The summed E-state index contributed by atoms with van der Waals surface area (Å²) < 4.78 is 0. The number of unbranched alkanes of at least 4 members (excludes halogenated alkanes) is 1. The van der Waals surface area contributed by atoms with Crippen LogP contribution in [-0.4, -0.2) is 46.4 Å². The number of carbonyl (C=O) groups excluding carboxylic acids is 2. The lowest BCUT2D eigenvalue weighted by Gasteiger charge is -2.37. The molecule has 1 N–H and O–H groups in total. The van der Waals surface area contributed by atoms with Gasteiger partial charge in [0.25, 0.3) is 5.91 Å². The second kappa shape index (κ2) is 11.6. The number of aryl methyl sites for hydroxylation is 1. The number of thiazole rings is 1. The van der Waals surface area contributed by atoms with Gasteiger partial charge in [0.1, 0.15) is 5.69 Å². The maximum atomic E-state index is 13.3.